The number of rotatable bonds is 38. The largest absolute Gasteiger partial charge is 0.471 e. The summed E-state index contributed by atoms with van der Waals surface area (Å²) in [4.78, 5) is 39.2. The van der Waals surface area contributed by atoms with Gasteiger partial charge in [0.25, 0.3) is 0 Å². The number of hydrogen-bond donors (Lipinski definition) is 1. The first-order valence-electron chi connectivity index (χ1n) is 24.2. The van der Waals surface area contributed by atoms with Crippen molar-refractivity contribution in [3.05, 3.63) is 48.2 Å². The van der Waals surface area contributed by atoms with Gasteiger partial charge >= 0.3 is 11.9 Å². The lowest BCUT2D eigenvalue weighted by Crippen LogP contribution is -2.66. The first-order chi connectivity index (χ1) is 29.4. The van der Waals surface area contributed by atoms with Crippen LogP contribution in [0.15, 0.2) is 42.7 Å². The molecule has 1 saturated heterocycles. The Morgan fingerprint density at radius 2 is 1.13 bits per heavy atom. The van der Waals surface area contributed by atoms with Gasteiger partial charge in [-0.15, -0.1) is 11.6 Å². The standard InChI is InChI=1S/C50H84ClNO8/c1-4-7-9-11-13-15-17-19-21-23-25-27-32-36-44(53)52-47-49(58-40-42-34-30-29-31-35-42)48(60-46(55)39-51)43(59-50(47)56-38-6-3)41-57-45(54)37-33-28-26-24-22-20-18-16-14-12-10-8-5-2/h6,29-31,34-35,38,43,47-50H,4-5,7-28,32-33,36-37,39-41H2,1-3H3,(H,52,53)/t43-,47-,48-,49-,50-/m1/s1. The van der Waals surface area contributed by atoms with E-state index >= 15 is 0 Å². The van der Waals surface area contributed by atoms with Gasteiger partial charge in [-0.05, 0) is 25.3 Å². The molecule has 0 aliphatic carbocycles. The summed E-state index contributed by atoms with van der Waals surface area (Å²) in [5, 5.41) is 3.10. The molecule has 60 heavy (non-hydrogen) atoms. The van der Waals surface area contributed by atoms with E-state index < -0.39 is 36.6 Å². The molecule has 0 spiro atoms. The molecular formula is C50H84ClNO8. The van der Waals surface area contributed by atoms with Crippen LogP contribution < -0.4 is 5.32 Å². The number of nitrogens with one attached hydrogen (secondary N) is 1. The second-order valence-electron chi connectivity index (χ2n) is 16.8. The lowest BCUT2D eigenvalue weighted by molar-refractivity contribution is -0.271. The average Bonchev–Trinajstić information content (AvgIpc) is 3.26. The van der Waals surface area contributed by atoms with Crippen molar-refractivity contribution < 1.29 is 38.1 Å². The van der Waals surface area contributed by atoms with Gasteiger partial charge in [0.1, 0.15) is 30.7 Å². The molecule has 0 bridgehead atoms. The molecule has 1 aromatic rings. The fourth-order valence-corrected chi connectivity index (χ4v) is 7.91. The van der Waals surface area contributed by atoms with Crippen LogP contribution in [-0.4, -0.2) is 61.0 Å². The van der Waals surface area contributed by atoms with Gasteiger partial charge in [-0.25, -0.2) is 0 Å². The molecule has 0 saturated carbocycles. The number of carbonyl (C=O) groups is 3. The van der Waals surface area contributed by atoms with E-state index in [0.717, 1.165) is 44.1 Å². The second-order valence-corrected chi connectivity index (χ2v) is 17.0. The van der Waals surface area contributed by atoms with Crippen LogP contribution in [-0.2, 0) is 44.7 Å². The summed E-state index contributed by atoms with van der Waals surface area (Å²) in [7, 11) is 0. The molecule has 1 fully saturated rings. The molecule has 1 aliphatic heterocycles. The van der Waals surface area contributed by atoms with Crippen molar-refractivity contribution in [1.29, 1.82) is 0 Å². The highest BCUT2D eigenvalue weighted by atomic mass is 35.5. The van der Waals surface area contributed by atoms with Crippen LogP contribution in [0.1, 0.15) is 206 Å². The Morgan fingerprint density at radius 3 is 1.62 bits per heavy atom. The Morgan fingerprint density at radius 1 is 0.650 bits per heavy atom. The molecule has 0 radical (unpaired) electrons. The number of ether oxygens (including phenoxy) is 5. The van der Waals surface area contributed by atoms with Gasteiger partial charge in [0.05, 0.1) is 12.9 Å². The summed E-state index contributed by atoms with van der Waals surface area (Å²) in [5.41, 5.74) is 0.898. The normalized spacial score (nSPS) is 19.0. The Hall–Kier alpha value is -2.62. The molecule has 1 aliphatic rings. The molecule has 1 aromatic carbocycles. The van der Waals surface area contributed by atoms with E-state index in [-0.39, 0.29) is 31.0 Å². The van der Waals surface area contributed by atoms with Gasteiger partial charge in [0.2, 0.25) is 12.2 Å². The minimum Gasteiger partial charge on any atom is -0.471 e. The maximum Gasteiger partial charge on any atom is 0.321 e. The third-order valence-corrected chi connectivity index (χ3v) is 11.6. The SMILES string of the molecule is CC=CO[C@@H]1O[C@H](COC(=O)CCCCCCCCCCCCCCC)[C@@H](OC(=O)CCl)[C@H](OCc2ccccc2)[C@H]1NC(=O)CCCCCCCCCCCCCCC. The monoisotopic (exact) mass is 862 g/mol. The molecule has 1 N–H and O–H groups in total. The third kappa shape index (κ3) is 26.0. The van der Waals surface area contributed by atoms with E-state index in [1.54, 1.807) is 6.08 Å². The van der Waals surface area contributed by atoms with Crippen LogP contribution in [0.2, 0.25) is 0 Å². The average molecular weight is 863 g/mol. The molecule has 1 heterocycles. The van der Waals surface area contributed by atoms with E-state index in [9.17, 15) is 14.4 Å². The summed E-state index contributed by atoms with van der Waals surface area (Å²) in [6, 6.07) is 8.78. The van der Waals surface area contributed by atoms with E-state index in [1.165, 1.54) is 135 Å². The lowest BCUT2D eigenvalue weighted by atomic mass is 9.95. The van der Waals surface area contributed by atoms with Gasteiger partial charge in [-0.1, -0.05) is 204 Å². The smallest absolute Gasteiger partial charge is 0.321 e. The fraction of sp³-hybridized carbons (Fsp3) is 0.780. The van der Waals surface area contributed by atoms with Crippen LogP contribution in [0.25, 0.3) is 0 Å². The summed E-state index contributed by atoms with van der Waals surface area (Å²) in [5.74, 6) is -1.57. The Bertz CT molecular complexity index is 1230. The van der Waals surface area contributed by atoms with Crippen LogP contribution in [0.3, 0.4) is 0 Å². The molecule has 10 heteroatoms. The zero-order chi connectivity index (χ0) is 43.3. The Kier molecular flexibility index (Phi) is 33.0. The molecule has 1 amide bonds. The zero-order valence-corrected chi connectivity index (χ0v) is 38.7. The van der Waals surface area contributed by atoms with Gasteiger partial charge in [0, 0.05) is 12.8 Å². The number of halogens is 1. The van der Waals surface area contributed by atoms with Crippen molar-refractivity contribution in [2.75, 3.05) is 12.5 Å². The van der Waals surface area contributed by atoms with E-state index in [1.807, 2.05) is 37.3 Å². The number of hydrogen-bond acceptors (Lipinski definition) is 8. The van der Waals surface area contributed by atoms with Gasteiger partial charge < -0.3 is 29.0 Å². The minimum atomic E-state index is -1.05. The third-order valence-electron chi connectivity index (χ3n) is 11.4. The second kappa shape index (κ2) is 37.0. The molecule has 5 atom stereocenters. The van der Waals surface area contributed by atoms with Crippen molar-refractivity contribution >= 4 is 29.4 Å². The predicted molar refractivity (Wildman–Crippen MR) is 244 cm³/mol. The summed E-state index contributed by atoms with van der Waals surface area (Å²) in [6.07, 6.45) is 31.8. The maximum absolute atomic E-state index is 13.5. The summed E-state index contributed by atoms with van der Waals surface area (Å²) < 4.78 is 30.5. The minimum absolute atomic E-state index is 0.167. The highest BCUT2D eigenvalue weighted by Gasteiger charge is 2.51. The molecule has 2 rings (SSSR count). The van der Waals surface area contributed by atoms with Crippen LogP contribution in [0.4, 0.5) is 0 Å². The van der Waals surface area contributed by atoms with Gasteiger partial charge in [-0.3, -0.25) is 14.4 Å². The van der Waals surface area contributed by atoms with Crippen molar-refractivity contribution in [2.45, 2.75) is 238 Å². The van der Waals surface area contributed by atoms with E-state index in [2.05, 4.69) is 19.2 Å². The lowest BCUT2D eigenvalue weighted by Gasteiger charge is -2.45. The maximum atomic E-state index is 13.5. The first kappa shape index (κ1) is 53.5. The number of unbranched alkanes of at least 4 members (excludes halogenated alkanes) is 24. The topological polar surface area (TPSA) is 109 Å². The zero-order valence-electron chi connectivity index (χ0n) is 38.0. The fourth-order valence-electron chi connectivity index (χ4n) is 7.85. The van der Waals surface area contributed by atoms with Crippen molar-refractivity contribution in [3.8, 4) is 0 Å². The van der Waals surface area contributed by atoms with Gasteiger partial charge in [0.15, 0.2) is 6.10 Å². The van der Waals surface area contributed by atoms with Crippen molar-refractivity contribution in [1.82, 2.24) is 5.32 Å². The first-order valence-corrected chi connectivity index (χ1v) is 24.7. The van der Waals surface area contributed by atoms with Crippen molar-refractivity contribution in [2.24, 2.45) is 0 Å². The summed E-state index contributed by atoms with van der Waals surface area (Å²) >= 11 is 5.93. The van der Waals surface area contributed by atoms with Crippen LogP contribution >= 0.6 is 11.6 Å². The van der Waals surface area contributed by atoms with Gasteiger partial charge in [-0.2, -0.15) is 0 Å². The van der Waals surface area contributed by atoms with Crippen LogP contribution in [0, 0.1) is 0 Å². The number of allylic oxidation sites excluding steroid dienone is 1. The Balaban J connectivity index is 1.95. The predicted octanol–water partition coefficient (Wildman–Crippen LogP) is 13.0. The van der Waals surface area contributed by atoms with Crippen molar-refractivity contribution in [3.63, 3.8) is 0 Å². The highest BCUT2D eigenvalue weighted by Crippen LogP contribution is 2.29. The quantitative estimate of drug-likeness (QED) is 0.0303. The molecule has 0 aromatic heterocycles. The van der Waals surface area contributed by atoms with E-state index in [4.69, 9.17) is 35.3 Å². The molecule has 9 nitrogen and oxygen atoms in total. The molecular weight excluding hydrogens is 778 g/mol. The number of carbonyl (C=O) groups excluding carboxylic acids is 3. The van der Waals surface area contributed by atoms with E-state index in [0.29, 0.717) is 12.8 Å². The van der Waals surface area contributed by atoms with Crippen LogP contribution in [0.5, 0.6) is 0 Å². The number of amides is 1. The Labute approximate surface area is 370 Å². The molecule has 0 unspecified atom stereocenters. The molecule has 344 valence electrons. The number of esters is 2. The number of alkyl halides is 1. The number of benzene rings is 1. The highest BCUT2D eigenvalue weighted by molar-refractivity contribution is 6.26. The summed E-state index contributed by atoms with van der Waals surface area (Å²) in [6.45, 7) is 6.32.